The summed E-state index contributed by atoms with van der Waals surface area (Å²) >= 11 is 6.40. The smallest absolute Gasteiger partial charge is 0.360 e. The van der Waals surface area contributed by atoms with E-state index in [1.165, 1.54) is 0 Å². The summed E-state index contributed by atoms with van der Waals surface area (Å²) in [5, 5.41) is 8.18. The van der Waals surface area contributed by atoms with Crippen LogP contribution in [-0.2, 0) is 4.74 Å². The van der Waals surface area contributed by atoms with Crippen molar-refractivity contribution in [3.63, 3.8) is 0 Å². The Bertz CT molecular complexity index is 1170. The van der Waals surface area contributed by atoms with Gasteiger partial charge in [0.1, 0.15) is 0 Å². The van der Waals surface area contributed by atoms with Crippen molar-refractivity contribution < 1.29 is 9.53 Å². The van der Waals surface area contributed by atoms with Crippen molar-refractivity contribution in [2.45, 2.75) is 6.92 Å². The second-order valence-electron chi connectivity index (χ2n) is 6.03. The number of aromatic nitrogens is 4. The molecule has 8 heteroatoms. The van der Waals surface area contributed by atoms with Gasteiger partial charge in [0.15, 0.2) is 11.5 Å². The van der Waals surface area contributed by atoms with E-state index in [2.05, 4.69) is 20.2 Å². The number of hydrogen-bond acceptors (Lipinski definition) is 6. The summed E-state index contributed by atoms with van der Waals surface area (Å²) < 4.78 is 5.06. The summed E-state index contributed by atoms with van der Waals surface area (Å²) in [6.07, 6.45) is 1.67. The number of ether oxygens (including phenoxy) is 1. The van der Waals surface area contributed by atoms with Crippen molar-refractivity contribution in [1.82, 2.24) is 20.2 Å². The Hall–Kier alpha value is -3.45. The summed E-state index contributed by atoms with van der Waals surface area (Å²) in [7, 11) is 0. The van der Waals surface area contributed by atoms with Crippen LogP contribution in [0.3, 0.4) is 0 Å². The minimum atomic E-state index is -0.621. The lowest BCUT2D eigenvalue weighted by Crippen LogP contribution is -2.13. The Labute approximate surface area is 165 Å². The van der Waals surface area contributed by atoms with Gasteiger partial charge in [-0.15, -0.1) is 0 Å². The van der Waals surface area contributed by atoms with E-state index < -0.39 is 5.97 Å². The van der Waals surface area contributed by atoms with Gasteiger partial charge in [-0.25, -0.2) is 14.8 Å². The van der Waals surface area contributed by atoms with Gasteiger partial charge < -0.3 is 10.5 Å². The van der Waals surface area contributed by atoms with E-state index in [4.69, 9.17) is 22.1 Å². The van der Waals surface area contributed by atoms with Crippen LogP contribution in [0.5, 0.6) is 0 Å². The van der Waals surface area contributed by atoms with Crippen LogP contribution in [0.2, 0.25) is 5.02 Å². The topological polar surface area (TPSA) is 107 Å². The molecular weight excluding hydrogens is 378 g/mol. The Morgan fingerprint density at radius 3 is 2.64 bits per heavy atom. The predicted octanol–water partition coefficient (Wildman–Crippen LogP) is 4.10. The molecule has 0 fully saturated rings. The lowest BCUT2D eigenvalue weighted by atomic mass is 10.0. The number of benzene rings is 2. The van der Waals surface area contributed by atoms with Crippen LogP contribution in [0.25, 0.3) is 33.4 Å². The minimum absolute atomic E-state index is 0.0107. The summed E-state index contributed by atoms with van der Waals surface area (Å²) in [5.41, 5.74) is 9.25. The Balaban J connectivity index is 1.98. The van der Waals surface area contributed by atoms with Gasteiger partial charge in [-0.1, -0.05) is 41.9 Å². The molecule has 3 N–H and O–H groups in total. The van der Waals surface area contributed by atoms with Gasteiger partial charge in [-0.05, 0) is 19.1 Å². The zero-order valence-electron chi connectivity index (χ0n) is 14.9. The normalized spacial score (nSPS) is 10.9. The highest BCUT2D eigenvalue weighted by Gasteiger charge is 2.21. The molecule has 28 heavy (non-hydrogen) atoms. The number of esters is 1. The molecule has 0 bridgehead atoms. The van der Waals surface area contributed by atoms with Crippen LogP contribution < -0.4 is 5.73 Å². The molecule has 2 aromatic carbocycles. The minimum Gasteiger partial charge on any atom is -0.461 e. The van der Waals surface area contributed by atoms with Gasteiger partial charge >= 0.3 is 5.97 Å². The van der Waals surface area contributed by atoms with Gasteiger partial charge in [0, 0.05) is 16.5 Å². The third-order valence-corrected chi connectivity index (χ3v) is 4.51. The Morgan fingerprint density at radius 1 is 1.14 bits per heavy atom. The van der Waals surface area contributed by atoms with Crippen molar-refractivity contribution in [1.29, 1.82) is 0 Å². The third-order valence-electron chi connectivity index (χ3n) is 4.21. The number of halogens is 1. The number of hydrogen-bond donors (Lipinski definition) is 2. The van der Waals surface area contributed by atoms with E-state index in [1.807, 2.05) is 36.4 Å². The van der Waals surface area contributed by atoms with Gasteiger partial charge in [0.25, 0.3) is 0 Å². The molecule has 140 valence electrons. The fraction of sp³-hybridized carbons (Fsp3) is 0.100. The lowest BCUT2D eigenvalue weighted by molar-refractivity contribution is 0.0520. The van der Waals surface area contributed by atoms with E-state index in [0.29, 0.717) is 22.0 Å². The number of H-pyrrole nitrogens is 1. The zero-order chi connectivity index (χ0) is 19.7. The maximum absolute atomic E-state index is 12.3. The average Bonchev–Trinajstić information content (AvgIpc) is 3.18. The molecule has 0 atom stereocenters. The molecule has 0 unspecified atom stereocenters. The number of nitrogens with two attached hydrogens (primary N) is 1. The predicted molar refractivity (Wildman–Crippen MR) is 108 cm³/mol. The first-order chi connectivity index (χ1) is 13.6. The maximum atomic E-state index is 12.3. The number of nitrogens with zero attached hydrogens (tertiary/aromatic N) is 3. The van der Waals surface area contributed by atoms with Crippen LogP contribution in [-0.4, -0.2) is 32.7 Å². The van der Waals surface area contributed by atoms with Crippen LogP contribution in [0.1, 0.15) is 17.4 Å². The van der Waals surface area contributed by atoms with Crippen molar-refractivity contribution >= 4 is 34.3 Å². The fourth-order valence-electron chi connectivity index (χ4n) is 2.95. The number of rotatable bonds is 4. The molecule has 4 aromatic rings. The molecule has 2 heterocycles. The number of carbonyl (C=O) groups excluding carboxylic acids is 1. The van der Waals surface area contributed by atoms with Gasteiger partial charge in [-0.3, -0.25) is 5.10 Å². The number of nitrogens with one attached hydrogen (secondary N) is 1. The molecule has 0 saturated carbocycles. The van der Waals surface area contributed by atoms with E-state index in [9.17, 15) is 4.79 Å². The number of anilines is 1. The van der Waals surface area contributed by atoms with Crippen molar-refractivity contribution in [2.24, 2.45) is 0 Å². The first-order valence-corrected chi connectivity index (χ1v) is 8.99. The average molecular weight is 394 g/mol. The molecule has 0 radical (unpaired) electrons. The third kappa shape index (κ3) is 3.16. The van der Waals surface area contributed by atoms with Crippen molar-refractivity contribution in [2.75, 3.05) is 12.3 Å². The molecule has 0 amide bonds. The summed E-state index contributed by atoms with van der Waals surface area (Å²) in [5.74, 6) is -0.611. The van der Waals surface area contributed by atoms with E-state index in [-0.39, 0.29) is 18.1 Å². The fourth-order valence-corrected chi connectivity index (χ4v) is 3.22. The number of nitrogen functional groups attached to an aromatic ring is 1. The monoisotopic (exact) mass is 393 g/mol. The maximum Gasteiger partial charge on any atom is 0.360 e. The van der Waals surface area contributed by atoms with Gasteiger partial charge in [0.2, 0.25) is 0 Å². The highest BCUT2D eigenvalue weighted by Crippen LogP contribution is 2.34. The Kier molecular flexibility index (Phi) is 4.67. The standard InChI is InChI=1S/C20H16ClN5O2/c1-2-28-20(27)18-19(22)25-16(11-6-4-3-5-7-11)17(24-18)12-8-13-10-23-26-15(13)14(21)9-12/h3-10H,2H2,1H3,(H2,22,25)(H,23,26). The van der Waals surface area contributed by atoms with Crippen LogP contribution >= 0.6 is 11.6 Å². The zero-order valence-corrected chi connectivity index (χ0v) is 15.7. The summed E-state index contributed by atoms with van der Waals surface area (Å²) in [6.45, 7) is 1.93. The van der Waals surface area contributed by atoms with Crippen molar-refractivity contribution in [3.8, 4) is 22.5 Å². The molecule has 0 spiro atoms. The van der Waals surface area contributed by atoms with E-state index in [1.54, 1.807) is 19.2 Å². The molecule has 0 aliphatic rings. The number of carbonyl (C=O) groups is 1. The highest BCUT2D eigenvalue weighted by molar-refractivity contribution is 6.35. The second kappa shape index (κ2) is 7.28. The first kappa shape index (κ1) is 17.9. The van der Waals surface area contributed by atoms with Crippen LogP contribution in [0.4, 0.5) is 5.82 Å². The first-order valence-electron chi connectivity index (χ1n) is 8.61. The highest BCUT2D eigenvalue weighted by atomic mass is 35.5. The number of fused-ring (bicyclic) bond motifs is 1. The summed E-state index contributed by atoms with van der Waals surface area (Å²) in [6, 6.07) is 13.1. The largest absolute Gasteiger partial charge is 0.461 e. The molecule has 7 nitrogen and oxygen atoms in total. The molecule has 2 aromatic heterocycles. The van der Waals surface area contributed by atoms with E-state index >= 15 is 0 Å². The molecule has 0 aliphatic carbocycles. The summed E-state index contributed by atoms with van der Waals surface area (Å²) in [4.78, 5) is 21.3. The quantitative estimate of drug-likeness (QED) is 0.505. The molecule has 4 rings (SSSR count). The molecule has 0 saturated heterocycles. The number of aromatic amines is 1. The van der Waals surface area contributed by atoms with Gasteiger partial charge in [0.05, 0.1) is 34.7 Å². The Morgan fingerprint density at radius 2 is 1.89 bits per heavy atom. The van der Waals surface area contributed by atoms with Crippen LogP contribution in [0.15, 0.2) is 48.7 Å². The lowest BCUT2D eigenvalue weighted by Gasteiger charge is -2.13. The molecule has 0 aliphatic heterocycles. The SMILES string of the molecule is CCOC(=O)c1nc(-c2cc(Cl)c3[nH]ncc3c2)c(-c2ccccc2)nc1N. The van der Waals surface area contributed by atoms with Gasteiger partial charge in [-0.2, -0.15) is 5.10 Å². The molecular formula is C20H16ClN5O2. The van der Waals surface area contributed by atoms with Crippen molar-refractivity contribution in [3.05, 3.63) is 59.4 Å². The van der Waals surface area contributed by atoms with Crippen LogP contribution in [0, 0.1) is 0 Å². The van der Waals surface area contributed by atoms with E-state index in [0.717, 1.165) is 16.5 Å². The second-order valence-corrected chi connectivity index (χ2v) is 6.44.